The summed E-state index contributed by atoms with van der Waals surface area (Å²) in [5.74, 6) is 3.40. The van der Waals surface area contributed by atoms with Crippen molar-refractivity contribution < 1.29 is 4.79 Å². The van der Waals surface area contributed by atoms with E-state index in [1.807, 2.05) is 4.90 Å². The van der Waals surface area contributed by atoms with Crippen LogP contribution in [-0.2, 0) is 11.2 Å². The first-order valence-electron chi connectivity index (χ1n) is 12.2. The number of fused-ring (bicyclic) bond motifs is 1. The van der Waals surface area contributed by atoms with Gasteiger partial charge in [-0.2, -0.15) is 0 Å². The standard InChI is InChI=1S/C24H37N5O/c1-17-21-6-5-12-28(16-19-8-9-19)24(21)26-23(25-17)22-7-3-4-13-29(22)20-10-14-27(15-11-20)18(2)30/h19-20,22H,3-16H2,1-2H3/t22-/m0/s1. The summed E-state index contributed by atoms with van der Waals surface area (Å²) >= 11 is 0. The van der Waals surface area contributed by atoms with Crippen molar-refractivity contribution in [3.05, 3.63) is 17.1 Å². The maximum absolute atomic E-state index is 11.7. The predicted molar refractivity (Wildman–Crippen MR) is 119 cm³/mol. The first kappa shape index (κ1) is 20.2. The third kappa shape index (κ3) is 4.08. The highest BCUT2D eigenvalue weighted by Crippen LogP contribution is 2.38. The highest BCUT2D eigenvalue weighted by Gasteiger charge is 2.36. The second-order valence-corrected chi connectivity index (χ2v) is 9.95. The Morgan fingerprint density at radius 2 is 1.77 bits per heavy atom. The highest BCUT2D eigenvalue weighted by molar-refractivity contribution is 5.73. The molecule has 1 atom stereocenters. The summed E-state index contributed by atoms with van der Waals surface area (Å²) in [6.45, 7) is 9.15. The van der Waals surface area contributed by atoms with Crippen LogP contribution in [0.1, 0.15) is 81.4 Å². The van der Waals surface area contributed by atoms with E-state index in [1.165, 1.54) is 55.7 Å². The number of rotatable bonds is 4. The molecular weight excluding hydrogens is 374 g/mol. The molecule has 0 radical (unpaired) electrons. The van der Waals surface area contributed by atoms with Gasteiger partial charge in [0.25, 0.3) is 0 Å². The summed E-state index contributed by atoms with van der Waals surface area (Å²) < 4.78 is 0. The molecule has 6 heteroatoms. The molecule has 0 spiro atoms. The van der Waals surface area contributed by atoms with Gasteiger partial charge in [0.2, 0.25) is 5.91 Å². The number of anilines is 1. The summed E-state index contributed by atoms with van der Waals surface area (Å²) in [7, 11) is 0. The molecular formula is C24H37N5O. The zero-order valence-corrected chi connectivity index (χ0v) is 18.8. The van der Waals surface area contributed by atoms with E-state index < -0.39 is 0 Å². The molecule has 1 saturated carbocycles. The number of hydrogen-bond acceptors (Lipinski definition) is 5. The number of piperidine rings is 2. The zero-order valence-electron chi connectivity index (χ0n) is 18.8. The predicted octanol–water partition coefficient (Wildman–Crippen LogP) is 3.49. The molecule has 3 fully saturated rings. The van der Waals surface area contributed by atoms with E-state index >= 15 is 0 Å². The smallest absolute Gasteiger partial charge is 0.219 e. The molecule has 30 heavy (non-hydrogen) atoms. The van der Waals surface area contributed by atoms with Gasteiger partial charge in [0.05, 0.1) is 6.04 Å². The summed E-state index contributed by atoms with van der Waals surface area (Å²) in [4.78, 5) is 29.3. The minimum Gasteiger partial charge on any atom is -0.356 e. The van der Waals surface area contributed by atoms with Crippen LogP contribution in [0.3, 0.4) is 0 Å². The molecule has 0 aromatic carbocycles. The summed E-state index contributed by atoms with van der Waals surface area (Å²) in [5.41, 5.74) is 2.59. The Hall–Kier alpha value is -1.69. The monoisotopic (exact) mass is 411 g/mol. The van der Waals surface area contributed by atoms with E-state index in [4.69, 9.17) is 9.97 Å². The van der Waals surface area contributed by atoms with E-state index in [0.717, 1.165) is 63.6 Å². The van der Waals surface area contributed by atoms with Crippen molar-refractivity contribution >= 4 is 11.7 Å². The zero-order chi connectivity index (χ0) is 20.7. The van der Waals surface area contributed by atoms with Gasteiger partial charge < -0.3 is 9.80 Å². The average molecular weight is 412 g/mol. The van der Waals surface area contributed by atoms with E-state index in [2.05, 4.69) is 16.7 Å². The van der Waals surface area contributed by atoms with Crippen molar-refractivity contribution in [2.75, 3.05) is 37.6 Å². The number of hydrogen-bond donors (Lipinski definition) is 0. The van der Waals surface area contributed by atoms with Gasteiger partial charge in [-0.25, -0.2) is 9.97 Å². The lowest BCUT2D eigenvalue weighted by atomic mass is 9.94. The Morgan fingerprint density at radius 3 is 2.50 bits per heavy atom. The van der Waals surface area contributed by atoms with Crippen molar-refractivity contribution in [1.29, 1.82) is 0 Å². The van der Waals surface area contributed by atoms with Gasteiger partial charge in [0.1, 0.15) is 11.6 Å². The number of likely N-dealkylation sites (tertiary alicyclic amines) is 2. The largest absolute Gasteiger partial charge is 0.356 e. The van der Waals surface area contributed by atoms with Crippen LogP contribution in [0.2, 0.25) is 0 Å². The second-order valence-electron chi connectivity index (χ2n) is 9.95. The van der Waals surface area contributed by atoms with E-state index in [1.54, 1.807) is 6.92 Å². The second kappa shape index (κ2) is 8.45. The molecule has 1 amide bonds. The third-order valence-electron chi connectivity index (χ3n) is 7.76. The van der Waals surface area contributed by atoms with Crippen LogP contribution in [0.25, 0.3) is 0 Å². The number of aryl methyl sites for hydroxylation is 1. The Labute approximate surface area is 181 Å². The van der Waals surface area contributed by atoms with Crippen molar-refractivity contribution in [3.8, 4) is 0 Å². The maximum atomic E-state index is 11.7. The number of amides is 1. The lowest BCUT2D eigenvalue weighted by Crippen LogP contribution is -2.49. The van der Waals surface area contributed by atoms with Gasteiger partial charge in [-0.3, -0.25) is 9.69 Å². The summed E-state index contributed by atoms with van der Waals surface area (Å²) in [6, 6.07) is 0.884. The lowest BCUT2D eigenvalue weighted by Gasteiger charge is -2.44. The van der Waals surface area contributed by atoms with Crippen LogP contribution in [0.15, 0.2) is 0 Å². The first-order valence-corrected chi connectivity index (χ1v) is 12.2. The Balaban J connectivity index is 1.39. The van der Waals surface area contributed by atoms with E-state index in [-0.39, 0.29) is 5.91 Å². The van der Waals surface area contributed by atoms with Gasteiger partial charge in [-0.15, -0.1) is 0 Å². The first-order chi connectivity index (χ1) is 14.6. The Bertz CT molecular complexity index is 784. The Morgan fingerprint density at radius 1 is 0.967 bits per heavy atom. The highest BCUT2D eigenvalue weighted by atomic mass is 16.2. The minimum absolute atomic E-state index is 0.216. The van der Waals surface area contributed by atoms with E-state index in [0.29, 0.717) is 12.1 Å². The third-order valence-corrected chi connectivity index (χ3v) is 7.76. The topological polar surface area (TPSA) is 52.6 Å². The molecule has 4 aliphatic rings. The molecule has 2 saturated heterocycles. The molecule has 164 valence electrons. The molecule has 0 unspecified atom stereocenters. The number of aromatic nitrogens is 2. The van der Waals surface area contributed by atoms with E-state index in [9.17, 15) is 4.79 Å². The van der Waals surface area contributed by atoms with Gasteiger partial charge in [0, 0.05) is 50.4 Å². The number of carbonyl (C=O) groups excluding carboxylic acids is 1. The quantitative estimate of drug-likeness (QED) is 0.759. The molecule has 1 aliphatic carbocycles. The molecule has 4 heterocycles. The maximum Gasteiger partial charge on any atom is 0.219 e. The number of carbonyl (C=O) groups is 1. The van der Waals surface area contributed by atoms with Crippen LogP contribution >= 0.6 is 0 Å². The van der Waals surface area contributed by atoms with Crippen molar-refractivity contribution in [2.45, 2.75) is 83.7 Å². The fourth-order valence-corrected chi connectivity index (χ4v) is 5.83. The van der Waals surface area contributed by atoms with Crippen LogP contribution in [0.5, 0.6) is 0 Å². The van der Waals surface area contributed by atoms with Gasteiger partial charge >= 0.3 is 0 Å². The van der Waals surface area contributed by atoms with Crippen molar-refractivity contribution in [1.82, 2.24) is 19.8 Å². The molecule has 5 rings (SSSR count). The fourth-order valence-electron chi connectivity index (χ4n) is 5.83. The minimum atomic E-state index is 0.216. The van der Waals surface area contributed by atoms with Crippen molar-refractivity contribution in [3.63, 3.8) is 0 Å². The van der Waals surface area contributed by atoms with Gasteiger partial charge in [-0.1, -0.05) is 6.42 Å². The van der Waals surface area contributed by atoms with Gasteiger partial charge in [0.15, 0.2) is 0 Å². The SMILES string of the molecule is CC(=O)N1CCC(N2CCCC[C@H]2c2nc(C)c3c(n2)N(CC2CC2)CCC3)CC1. The van der Waals surface area contributed by atoms with Crippen LogP contribution in [0.4, 0.5) is 5.82 Å². The van der Waals surface area contributed by atoms with Gasteiger partial charge in [-0.05, 0) is 70.8 Å². The van der Waals surface area contributed by atoms with Crippen molar-refractivity contribution in [2.24, 2.45) is 5.92 Å². The molecule has 0 N–H and O–H groups in total. The van der Waals surface area contributed by atoms with Crippen LogP contribution in [0, 0.1) is 12.8 Å². The van der Waals surface area contributed by atoms with Crippen LogP contribution < -0.4 is 4.90 Å². The molecule has 1 aromatic rings. The van der Waals surface area contributed by atoms with Crippen LogP contribution in [-0.4, -0.2) is 64.4 Å². The number of nitrogens with zero attached hydrogens (tertiary/aromatic N) is 5. The summed E-state index contributed by atoms with van der Waals surface area (Å²) in [6.07, 6.45) is 11.0. The molecule has 1 aromatic heterocycles. The normalized spacial score (nSPS) is 26.0. The molecule has 0 bridgehead atoms. The lowest BCUT2D eigenvalue weighted by molar-refractivity contribution is -0.130. The molecule has 6 nitrogen and oxygen atoms in total. The average Bonchev–Trinajstić information content (AvgIpc) is 3.58. The molecule has 3 aliphatic heterocycles. The Kier molecular flexibility index (Phi) is 5.69. The fraction of sp³-hybridized carbons (Fsp3) is 0.792. The summed E-state index contributed by atoms with van der Waals surface area (Å²) in [5, 5.41) is 0.